The monoisotopic (exact) mass is 1100 g/mol. The smallest absolute Gasteiger partial charge is 0.338 e. The molecular weight excluding hydrogens is 1010 g/mol. The summed E-state index contributed by atoms with van der Waals surface area (Å²) >= 11 is 0. The maximum absolute atomic E-state index is 13.6. The molecule has 19 atom stereocenters. The van der Waals surface area contributed by atoms with Crippen molar-refractivity contribution in [2.45, 2.75) is 197 Å². The van der Waals surface area contributed by atoms with E-state index < -0.39 is 109 Å². The Balaban J connectivity index is 1.22. The Hall–Kier alpha value is -4.60. The number of cyclic esters (lactones) is 1. The highest BCUT2D eigenvalue weighted by atomic mass is 16.7. The Kier molecular flexibility index (Phi) is 23.1. The lowest BCUT2D eigenvalue weighted by Gasteiger charge is -2.50. The number of esters is 2. The highest BCUT2D eigenvalue weighted by molar-refractivity contribution is 5.89. The zero-order valence-corrected chi connectivity index (χ0v) is 48.0. The first-order chi connectivity index (χ1) is 37.8. The molecule has 0 radical (unpaired) electrons. The van der Waals surface area contributed by atoms with E-state index in [1.807, 2.05) is 101 Å². The molecular formula is C62H89N3O14. The number of methoxy groups -OCH3 is 1. The minimum absolute atomic E-state index is 0.0527. The Morgan fingerprint density at radius 1 is 0.797 bits per heavy atom. The van der Waals surface area contributed by atoms with Crippen LogP contribution in [0.25, 0.3) is 0 Å². The van der Waals surface area contributed by atoms with Gasteiger partial charge in [0.25, 0.3) is 0 Å². The first-order valence-corrected chi connectivity index (χ1v) is 28.4. The number of benzene rings is 3. The van der Waals surface area contributed by atoms with Crippen LogP contribution < -0.4 is 10.2 Å². The predicted molar refractivity (Wildman–Crippen MR) is 300 cm³/mol. The normalized spacial score (nSPS) is 36.9. The highest BCUT2D eigenvalue weighted by Crippen LogP contribution is 2.39. The van der Waals surface area contributed by atoms with E-state index in [0.29, 0.717) is 44.3 Å². The lowest BCUT2D eigenvalue weighted by molar-refractivity contribution is -0.343. The van der Waals surface area contributed by atoms with E-state index in [2.05, 4.69) is 48.3 Å². The Labute approximate surface area is 468 Å². The van der Waals surface area contributed by atoms with Crippen LogP contribution >= 0.6 is 0 Å². The van der Waals surface area contributed by atoms with Crippen LogP contribution in [0.1, 0.15) is 102 Å². The summed E-state index contributed by atoms with van der Waals surface area (Å²) in [6.07, 6.45) is -1.43. The van der Waals surface area contributed by atoms with Crippen LogP contribution in [-0.2, 0) is 54.0 Å². The molecule has 3 fully saturated rings. The molecule has 0 aromatic heterocycles. The highest BCUT2D eigenvalue weighted by Gasteiger charge is 2.53. The number of aliphatic hydroxyl groups excluding tert-OH is 2. The standard InChI is InChI=1S/C62H89N3O14/c1-39-35-46(33-34-65(47-28-20-14-21-29-47)38-44-24-16-12-17-25-44)57(58(71-10)49(66)36-51(67)72-40(2)23-15-11-22-30-50(39)76-52-32-31-48(63-7)41(3)73-52)78-61-55(68)54(64(8)9)56(42(4)75-61)77-53-37-62(6,70)59(43(5)74-53)79-60(69)45-26-18-13-19-27-45/h11-22,24-30,39-43,46,48-50,52-59,61,63,66,68,70H,23,31-38H2,1-10H3/b15-11+,30-22+/t39-,40-,41-,42-,43+,46+,48+,49-,50+,52+,53+,54-,55-,56-,57+,58+,59+,61+,62-/m1/s1. The predicted octanol–water partition coefficient (Wildman–Crippen LogP) is 7.36. The SMILES string of the molecule is CN[C@H]1CC[C@H](O[C@H]2/C=C/C=C/C[C@@H](C)OC(=O)C[C@@H](O)[C@H](OC)[C@@H](O[C@@H]3O[C@H](C)[C@@H](O[C@H]4C[C@@](C)(O)[C@@H](OC(=O)c5ccccc5)[C@H](C)O4)[C@H](N(C)C)[C@H]3O)[C@@H](CCN(Cc3ccccc3)c3ccccc3)C[C@H]2C)O[C@@H]1C. The number of para-hydroxylation sites is 1. The largest absolute Gasteiger partial charge is 0.462 e. The van der Waals surface area contributed by atoms with Crippen LogP contribution in [0, 0.1) is 11.8 Å². The molecule has 0 bridgehead atoms. The molecule has 17 nitrogen and oxygen atoms in total. The Bertz CT molecular complexity index is 2360. The summed E-state index contributed by atoms with van der Waals surface area (Å²) in [5.41, 5.74) is 0.943. The summed E-state index contributed by atoms with van der Waals surface area (Å²) in [4.78, 5) is 30.9. The quantitative estimate of drug-likeness (QED) is 0.0979. The van der Waals surface area contributed by atoms with Gasteiger partial charge >= 0.3 is 11.9 Å². The molecule has 3 aromatic rings. The first kappa shape index (κ1) is 62.0. The lowest BCUT2D eigenvalue weighted by Crippen LogP contribution is -2.66. The fraction of sp³-hybridized carbons (Fsp3) is 0.613. The molecule has 17 heteroatoms. The second-order valence-electron chi connectivity index (χ2n) is 22.5. The number of carbonyl (C=O) groups excluding carboxylic acids is 2. The minimum atomic E-state index is -1.55. The number of nitrogens with one attached hydrogen (secondary N) is 1. The summed E-state index contributed by atoms with van der Waals surface area (Å²) in [5, 5.41) is 40.2. The molecule has 79 heavy (non-hydrogen) atoms. The van der Waals surface area contributed by atoms with Gasteiger partial charge in [-0.1, -0.05) is 98.0 Å². The van der Waals surface area contributed by atoms with Gasteiger partial charge in [-0.15, -0.1) is 0 Å². The zero-order valence-electron chi connectivity index (χ0n) is 48.0. The van der Waals surface area contributed by atoms with Crippen molar-refractivity contribution < 1.29 is 67.5 Å². The van der Waals surface area contributed by atoms with Crippen molar-refractivity contribution in [3.63, 3.8) is 0 Å². The van der Waals surface area contributed by atoms with E-state index in [0.717, 1.165) is 17.7 Å². The second-order valence-corrected chi connectivity index (χ2v) is 22.5. The van der Waals surface area contributed by atoms with E-state index in [9.17, 15) is 24.9 Å². The third-order valence-corrected chi connectivity index (χ3v) is 16.0. The second kappa shape index (κ2) is 29.4. The summed E-state index contributed by atoms with van der Waals surface area (Å²) in [6, 6.07) is 28.5. The fourth-order valence-electron chi connectivity index (χ4n) is 11.8. The van der Waals surface area contributed by atoms with Gasteiger partial charge in [-0.05, 0) is 123 Å². The van der Waals surface area contributed by atoms with E-state index in [1.165, 1.54) is 7.11 Å². The van der Waals surface area contributed by atoms with Crippen LogP contribution in [0.3, 0.4) is 0 Å². The van der Waals surface area contributed by atoms with Gasteiger partial charge in [-0.2, -0.15) is 0 Å². The molecule has 3 aromatic carbocycles. The van der Waals surface area contributed by atoms with Crippen molar-refractivity contribution >= 4 is 17.6 Å². The van der Waals surface area contributed by atoms with Crippen molar-refractivity contribution in [3.05, 3.63) is 126 Å². The maximum Gasteiger partial charge on any atom is 0.338 e. The van der Waals surface area contributed by atoms with E-state index in [4.69, 9.17) is 42.6 Å². The molecule has 3 saturated heterocycles. The molecule has 0 unspecified atom stereocenters. The van der Waals surface area contributed by atoms with Crippen molar-refractivity contribution in [1.82, 2.24) is 10.2 Å². The number of nitrogens with zero attached hydrogens (tertiary/aromatic N) is 2. The molecule has 4 heterocycles. The molecule has 7 rings (SSSR count). The average molecular weight is 1100 g/mol. The fourth-order valence-corrected chi connectivity index (χ4v) is 11.8. The van der Waals surface area contributed by atoms with Gasteiger partial charge < -0.3 is 73.1 Å². The van der Waals surface area contributed by atoms with Crippen molar-refractivity contribution in [3.8, 4) is 0 Å². The topological polar surface area (TPSA) is 196 Å². The molecule has 436 valence electrons. The van der Waals surface area contributed by atoms with Gasteiger partial charge in [0, 0.05) is 44.8 Å². The van der Waals surface area contributed by atoms with Crippen molar-refractivity contribution in [2.75, 3.05) is 39.7 Å². The molecule has 4 aliphatic rings. The maximum atomic E-state index is 13.6. The first-order valence-electron chi connectivity index (χ1n) is 28.4. The Morgan fingerprint density at radius 2 is 1.47 bits per heavy atom. The number of rotatable bonds is 17. The van der Waals surface area contributed by atoms with Crippen LogP contribution in [-0.4, -0.2) is 171 Å². The summed E-state index contributed by atoms with van der Waals surface area (Å²) < 4.78 is 58.3. The molecule has 0 spiro atoms. The minimum Gasteiger partial charge on any atom is -0.462 e. The van der Waals surface area contributed by atoms with Crippen LogP contribution in [0.2, 0.25) is 0 Å². The van der Waals surface area contributed by atoms with Crippen molar-refractivity contribution in [2.24, 2.45) is 11.8 Å². The number of hydrogen-bond acceptors (Lipinski definition) is 17. The third-order valence-electron chi connectivity index (χ3n) is 16.0. The van der Waals surface area contributed by atoms with Crippen LogP contribution in [0.4, 0.5) is 5.69 Å². The van der Waals surface area contributed by atoms with Gasteiger partial charge in [-0.3, -0.25) is 4.79 Å². The van der Waals surface area contributed by atoms with E-state index >= 15 is 0 Å². The summed E-state index contributed by atoms with van der Waals surface area (Å²) in [5.74, 6) is -1.79. The van der Waals surface area contributed by atoms with Crippen LogP contribution in [0.5, 0.6) is 0 Å². The molecule has 0 aliphatic carbocycles. The zero-order chi connectivity index (χ0) is 56.8. The number of hydrogen-bond donors (Lipinski definition) is 4. The molecule has 4 aliphatic heterocycles. The van der Waals surface area contributed by atoms with Crippen molar-refractivity contribution in [1.29, 1.82) is 0 Å². The van der Waals surface area contributed by atoms with Gasteiger partial charge in [-0.25, -0.2) is 4.79 Å². The van der Waals surface area contributed by atoms with E-state index in [1.54, 1.807) is 44.2 Å². The number of likely N-dealkylation sites (N-methyl/N-ethyl adjacent to an activating group) is 2. The molecule has 4 N–H and O–H groups in total. The van der Waals surface area contributed by atoms with Crippen LogP contribution in [0.15, 0.2) is 115 Å². The number of allylic oxidation sites excluding steroid dienone is 2. The Morgan fingerprint density at radius 3 is 2.11 bits per heavy atom. The van der Waals surface area contributed by atoms with Gasteiger partial charge in [0.1, 0.15) is 30.0 Å². The third kappa shape index (κ3) is 17.0. The molecule has 0 amide bonds. The number of carbonyl (C=O) groups is 2. The summed E-state index contributed by atoms with van der Waals surface area (Å²) in [7, 11) is 7.09. The van der Waals surface area contributed by atoms with Gasteiger partial charge in [0.15, 0.2) is 25.0 Å². The lowest BCUT2D eigenvalue weighted by atomic mass is 9.82. The van der Waals surface area contributed by atoms with E-state index in [-0.39, 0.29) is 30.9 Å². The summed E-state index contributed by atoms with van der Waals surface area (Å²) in [6.45, 7) is 12.3. The number of ether oxygens (including phenoxy) is 9. The number of anilines is 1. The molecule has 0 saturated carbocycles. The van der Waals surface area contributed by atoms with Gasteiger partial charge in [0.05, 0.1) is 54.6 Å². The van der Waals surface area contributed by atoms with Gasteiger partial charge in [0.2, 0.25) is 0 Å². The number of aliphatic hydroxyl groups is 3. The average Bonchev–Trinajstić information content (AvgIpc) is 3.45.